The van der Waals surface area contributed by atoms with E-state index in [9.17, 15) is 5.11 Å². The van der Waals surface area contributed by atoms with Crippen LogP contribution >= 0.6 is 0 Å². The molecular formula is C22H27N5O. The summed E-state index contributed by atoms with van der Waals surface area (Å²) >= 11 is 0. The molecule has 1 aliphatic heterocycles. The predicted octanol–water partition coefficient (Wildman–Crippen LogP) is 3.67. The number of hydrogen-bond acceptors (Lipinski definition) is 5. The highest BCUT2D eigenvalue weighted by Gasteiger charge is 2.33. The van der Waals surface area contributed by atoms with Crippen LogP contribution in [0.5, 0.6) is 5.75 Å². The van der Waals surface area contributed by atoms with Gasteiger partial charge in [0.15, 0.2) is 5.82 Å². The third kappa shape index (κ3) is 3.40. The topological polar surface area (TPSA) is 67.1 Å². The molecule has 2 heterocycles. The van der Waals surface area contributed by atoms with Crippen molar-refractivity contribution in [1.82, 2.24) is 25.1 Å². The first-order valence-electron chi connectivity index (χ1n) is 9.88. The van der Waals surface area contributed by atoms with E-state index in [1.54, 1.807) is 12.1 Å². The number of nitrogens with zero attached hydrogens (tertiary/aromatic N) is 5. The molecule has 0 spiro atoms. The highest BCUT2D eigenvalue weighted by atomic mass is 16.3. The van der Waals surface area contributed by atoms with Crippen molar-refractivity contribution in [3.05, 3.63) is 71.0 Å². The first-order valence-corrected chi connectivity index (χ1v) is 9.88. The van der Waals surface area contributed by atoms with Crippen molar-refractivity contribution in [3.63, 3.8) is 0 Å². The number of rotatable bonds is 5. The molecule has 0 radical (unpaired) electrons. The molecule has 1 aliphatic rings. The van der Waals surface area contributed by atoms with Gasteiger partial charge in [0.2, 0.25) is 0 Å². The second-order valence-corrected chi connectivity index (χ2v) is 8.10. The molecule has 28 heavy (non-hydrogen) atoms. The van der Waals surface area contributed by atoms with Gasteiger partial charge >= 0.3 is 0 Å². The Balaban J connectivity index is 1.79. The van der Waals surface area contributed by atoms with E-state index in [4.69, 9.17) is 0 Å². The van der Waals surface area contributed by atoms with Gasteiger partial charge in [-0.05, 0) is 65.9 Å². The smallest absolute Gasteiger partial charge is 0.173 e. The monoisotopic (exact) mass is 377 g/mol. The SMILES string of the molecule is CCC(C)(C)n1nnnc1[C@@H](c1ccc(O)cc1)N1CCc2ccccc2C1. The fourth-order valence-corrected chi connectivity index (χ4v) is 3.86. The van der Waals surface area contributed by atoms with Crippen LogP contribution in [0.2, 0.25) is 0 Å². The van der Waals surface area contributed by atoms with E-state index in [1.165, 1.54) is 11.1 Å². The van der Waals surface area contributed by atoms with Crippen molar-refractivity contribution < 1.29 is 5.11 Å². The lowest BCUT2D eigenvalue weighted by Crippen LogP contribution is -2.38. The molecule has 0 aliphatic carbocycles. The highest BCUT2D eigenvalue weighted by molar-refractivity contribution is 5.34. The van der Waals surface area contributed by atoms with Crippen LogP contribution in [-0.4, -0.2) is 36.8 Å². The Labute approximate surface area is 165 Å². The van der Waals surface area contributed by atoms with Gasteiger partial charge in [-0.3, -0.25) is 4.90 Å². The maximum absolute atomic E-state index is 9.77. The Hall–Kier alpha value is -2.73. The average molecular weight is 377 g/mol. The van der Waals surface area contributed by atoms with E-state index in [1.807, 2.05) is 16.8 Å². The fourth-order valence-electron chi connectivity index (χ4n) is 3.86. The van der Waals surface area contributed by atoms with Crippen LogP contribution in [0.1, 0.15) is 55.7 Å². The quantitative estimate of drug-likeness (QED) is 0.735. The van der Waals surface area contributed by atoms with Crippen LogP contribution in [0.3, 0.4) is 0 Å². The minimum absolute atomic E-state index is 0.0743. The number of aromatic nitrogens is 4. The summed E-state index contributed by atoms with van der Waals surface area (Å²) in [5, 5.41) is 22.6. The molecule has 0 fully saturated rings. The lowest BCUT2D eigenvalue weighted by molar-refractivity contribution is 0.181. The van der Waals surface area contributed by atoms with Gasteiger partial charge in [0.25, 0.3) is 0 Å². The molecule has 1 atom stereocenters. The maximum Gasteiger partial charge on any atom is 0.173 e. The van der Waals surface area contributed by atoms with Crippen LogP contribution in [0.15, 0.2) is 48.5 Å². The third-order valence-corrected chi connectivity index (χ3v) is 5.91. The molecule has 0 amide bonds. The summed E-state index contributed by atoms with van der Waals surface area (Å²) in [5.41, 5.74) is 3.67. The van der Waals surface area contributed by atoms with E-state index in [0.717, 1.165) is 37.3 Å². The van der Waals surface area contributed by atoms with Gasteiger partial charge in [0, 0.05) is 13.1 Å². The first kappa shape index (κ1) is 18.6. The lowest BCUT2D eigenvalue weighted by Gasteiger charge is -2.36. The van der Waals surface area contributed by atoms with E-state index in [-0.39, 0.29) is 17.3 Å². The number of tetrazole rings is 1. The zero-order valence-corrected chi connectivity index (χ0v) is 16.7. The Morgan fingerprint density at radius 3 is 2.50 bits per heavy atom. The van der Waals surface area contributed by atoms with Crippen LogP contribution in [0.25, 0.3) is 0 Å². The van der Waals surface area contributed by atoms with Gasteiger partial charge in [-0.25, -0.2) is 4.68 Å². The zero-order chi connectivity index (χ0) is 19.7. The van der Waals surface area contributed by atoms with E-state index in [0.29, 0.717) is 0 Å². The Kier molecular flexibility index (Phi) is 4.89. The molecule has 0 saturated carbocycles. The van der Waals surface area contributed by atoms with Gasteiger partial charge in [-0.15, -0.1) is 5.10 Å². The maximum atomic E-state index is 9.77. The van der Waals surface area contributed by atoms with Crippen LogP contribution in [0.4, 0.5) is 0 Å². The summed E-state index contributed by atoms with van der Waals surface area (Å²) < 4.78 is 1.96. The molecule has 1 N–H and O–H groups in total. The van der Waals surface area contributed by atoms with Crippen molar-refractivity contribution in [1.29, 1.82) is 0 Å². The molecule has 0 bridgehead atoms. The van der Waals surface area contributed by atoms with E-state index in [2.05, 4.69) is 65.5 Å². The summed E-state index contributed by atoms with van der Waals surface area (Å²) in [7, 11) is 0. The molecule has 2 aromatic carbocycles. The number of phenols is 1. The summed E-state index contributed by atoms with van der Waals surface area (Å²) in [4.78, 5) is 2.43. The standard InChI is InChI=1S/C22H27N5O/c1-4-22(2,3)27-21(23-24-25-27)20(17-9-11-19(28)12-10-17)26-14-13-16-7-5-6-8-18(16)15-26/h5-12,20,28H,4,13-15H2,1-3H3/t20-/m1/s1. The van der Waals surface area contributed by atoms with E-state index >= 15 is 0 Å². The largest absolute Gasteiger partial charge is 0.508 e. The molecule has 146 valence electrons. The Bertz CT molecular complexity index is 948. The van der Waals surface area contributed by atoms with Gasteiger partial charge in [-0.1, -0.05) is 43.3 Å². The van der Waals surface area contributed by atoms with Crippen molar-refractivity contribution in [2.24, 2.45) is 0 Å². The summed E-state index contributed by atoms with van der Waals surface area (Å²) in [6.45, 7) is 8.25. The third-order valence-electron chi connectivity index (χ3n) is 5.91. The average Bonchev–Trinajstić information content (AvgIpc) is 3.20. The van der Waals surface area contributed by atoms with Crippen molar-refractivity contribution in [2.45, 2.75) is 51.7 Å². The molecule has 0 saturated heterocycles. The van der Waals surface area contributed by atoms with Gasteiger partial charge in [-0.2, -0.15) is 0 Å². The minimum Gasteiger partial charge on any atom is -0.508 e. The van der Waals surface area contributed by atoms with Crippen LogP contribution < -0.4 is 0 Å². The molecule has 4 rings (SSSR count). The van der Waals surface area contributed by atoms with Crippen molar-refractivity contribution >= 4 is 0 Å². The van der Waals surface area contributed by atoms with Crippen molar-refractivity contribution in [2.75, 3.05) is 6.54 Å². The first-order chi connectivity index (χ1) is 13.5. The normalized spacial score (nSPS) is 16.0. The second kappa shape index (κ2) is 7.36. The highest BCUT2D eigenvalue weighted by Crippen LogP contribution is 2.34. The number of fused-ring (bicyclic) bond motifs is 1. The lowest BCUT2D eigenvalue weighted by atomic mass is 9.95. The van der Waals surface area contributed by atoms with Gasteiger partial charge < -0.3 is 5.11 Å². The number of hydrogen-bond donors (Lipinski definition) is 1. The predicted molar refractivity (Wildman–Crippen MR) is 108 cm³/mol. The number of benzene rings is 2. The summed E-state index contributed by atoms with van der Waals surface area (Å²) in [6.07, 6.45) is 1.93. The minimum atomic E-state index is -0.179. The summed E-state index contributed by atoms with van der Waals surface area (Å²) in [5.74, 6) is 1.11. The van der Waals surface area contributed by atoms with Crippen LogP contribution in [-0.2, 0) is 18.5 Å². The summed E-state index contributed by atoms with van der Waals surface area (Å²) in [6, 6.07) is 16.0. The molecule has 6 heteroatoms. The molecule has 1 aromatic heterocycles. The zero-order valence-electron chi connectivity index (χ0n) is 16.7. The van der Waals surface area contributed by atoms with Crippen molar-refractivity contribution in [3.8, 4) is 5.75 Å². The second-order valence-electron chi connectivity index (χ2n) is 8.10. The Morgan fingerprint density at radius 1 is 1.07 bits per heavy atom. The Morgan fingerprint density at radius 2 is 1.79 bits per heavy atom. The van der Waals surface area contributed by atoms with Crippen LogP contribution in [0, 0.1) is 0 Å². The molecule has 6 nitrogen and oxygen atoms in total. The number of phenolic OH excluding ortho intramolecular Hbond substituents is 1. The van der Waals surface area contributed by atoms with Gasteiger partial charge in [0.1, 0.15) is 5.75 Å². The number of aromatic hydroxyl groups is 1. The van der Waals surface area contributed by atoms with E-state index < -0.39 is 0 Å². The molecule has 0 unspecified atom stereocenters. The molecular weight excluding hydrogens is 350 g/mol. The molecule has 3 aromatic rings. The van der Waals surface area contributed by atoms with Gasteiger partial charge in [0.05, 0.1) is 11.6 Å². The fraction of sp³-hybridized carbons (Fsp3) is 0.409.